The maximum Gasteiger partial charge on any atom is 0.197 e. The zero-order valence-corrected chi connectivity index (χ0v) is 33.1. The average Bonchev–Trinajstić information content (AvgIpc) is 3.22. The lowest BCUT2D eigenvalue weighted by Gasteiger charge is -2.27. The monoisotopic (exact) mass is 726 g/mol. The van der Waals surface area contributed by atoms with Crippen LogP contribution in [0.4, 0.5) is 22.7 Å². The minimum atomic E-state index is -0.182. The van der Waals surface area contributed by atoms with Gasteiger partial charge < -0.3 is 10.6 Å². The van der Waals surface area contributed by atoms with Gasteiger partial charge in [0.15, 0.2) is 11.6 Å². The summed E-state index contributed by atoms with van der Waals surface area (Å²) >= 11 is 2.99. The summed E-state index contributed by atoms with van der Waals surface area (Å²) in [5.74, 6) is -0.364. The van der Waals surface area contributed by atoms with Gasteiger partial charge in [-0.15, -0.1) is 0 Å². The Balaban J connectivity index is 0.000000855. The molecule has 0 spiro atoms. The number of carbonyl (C=O) groups excluding carboxylic acids is 2. The lowest BCUT2D eigenvalue weighted by molar-refractivity contribution is 0.0976. The van der Waals surface area contributed by atoms with E-state index in [1.165, 1.54) is 23.5 Å². The number of hydrogen-bond donors (Lipinski definition) is 2. The van der Waals surface area contributed by atoms with E-state index in [1.54, 1.807) is 0 Å². The maximum absolute atomic E-state index is 14.8. The number of nitrogens with one attached hydrogen (secondary N) is 2. The molecule has 0 saturated carbocycles. The van der Waals surface area contributed by atoms with Gasteiger partial charge >= 0.3 is 0 Å². The maximum atomic E-state index is 14.8. The first kappa shape index (κ1) is 41.4. The summed E-state index contributed by atoms with van der Waals surface area (Å²) in [5.41, 5.74) is 4.44. The van der Waals surface area contributed by atoms with Crippen molar-refractivity contribution < 1.29 is 9.59 Å². The molecule has 1 aliphatic carbocycles. The summed E-state index contributed by atoms with van der Waals surface area (Å²) < 4.78 is 0. The fraction of sp³-hybridized carbons (Fsp3) is 0.174. The van der Waals surface area contributed by atoms with Crippen LogP contribution in [0.15, 0.2) is 165 Å². The van der Waals surface area contributed by atoms with Gasteiger partial charge in [0.05, 0.1) is 22.5 Å². The molecule has 6 heteroatoms. The van der Waals surface area contributed by atoms with Gasteiger partial charge in [-0.25, -0.2) is 0 Å². The number of anilines is 4. The van der Waals surface area contributed by atoms with Gasteiger partial charge in [-0.1, -0.05) is 152 Å². The van der Waals surface area contributed by atoms with Crippen molar-refractivity contribution >= 4 is 57.8 Å². The summed E-state index contributed by atoms with van der Waals surface area (Å²) in [6.07, 6.45) is 0. The first-order valence-corrected chi connectivity index (χ1v) is 19.8. The van der Waals surface area contributed by atoms with Crippen LogP contribution in [0.25, 0.3) is 0 Å². The molecule has 0 heterocycles. The fourth-order valence-electron chi connectivity index (χ4n) is 5.30. The molecule has 0 atom stereocenters. The Morgan fingerprint density at radius 2 is 0.635 bits per heavy atom. The van der Waals surface area contributed by atoms with Crippen LogP contribution in [0, 0.1) is 0 Å². The van der Waals surface area contributed by atoms with Crippen LogP contribution in [0.1, 0.15) is 87.2 Å². The van der Waals surface area contributed by atoms with E-state index in [0.717, 1.165) is 31.0 Å². The van der Waals surface area contributed by atoms with Crippen LogP contribution in [0.5, 0.6) is 0 Å². The van der Waals surface area contributed by atoms with Crippen LogP contribution in [0.3, 0.4) is 0 Å². The van der Waals surface area contributed by atoms with Crippen LogP contribution in [-0.2, 0) is 0 Å². The Hall–Kier alpha value is -5.04. The Morgan fingerprint density at radius 3 is 0.942 bits per heavy atom. The molecule has 0 amide bonds. The van der Waals surface area contributed by atoms with E-state index in [1.807, 2.05) is 201 Å². The number of benzene rings is 6. The summed E-state index contributed by atoms with van der Waals surface area (Å²) in [7, 11) is 0. The topological polar surface area (TPSA) is 58.2 Å². The van der Waals surface area contributed by atoms with Crippen molar-refractivity contribution in [3.05, 3.63) is 168 Å². The van der Waals surface area contributed by atoms with Crippen LogP contribution < -0.4 is 10.6 Å². The van der Waals surface area contributed by atoms with Crippen molar-refractivity contribution in [2.75, 3.05) is 10.6 Å². The van der Waals surface area contributed by atoms with Crippen molar-refractivity contribution in [2.45, 2.75) is 75.0 Å². The highest BCUT2D eigenvalue weighted by atomic mass is 32.2. The summed E-state index contributed by atoms with van der Waals surface area (Å²) in [6, 6.07) is 46.9. The quantitative estimate of drug-likeness (QED) is 0.163. The van der Waals surface area contributed by atoms with E-state index in [0.29, 0.717) is 33.6 Å². The molecule has 6 aromatic rings. The van der Waals surface area contributed by atoms with Gasteiger partial charge in [-0.2, -0.15) is 0 Å². The SMILES string of the molecule is CC.CC.CC.CC.O=C1c2c(Nc3ccccc3)ccc(Nc3ccccc3)c2C(=O)c2c(Sc3ccccc3)ccc(Sc3ccccc3)c21. The van der Waals surface area contributed by atoms with Gasteiger partial charge in [0, 0.05) is 42.1 Å². The normalized spacial score (nSPS) is 10.5. The molecule has 4 nitrogen and oxygen atoms in total. The number of hydrogen-bond acceptors (Lipinski definition) is 6. The number of carbonyl (C=O) groups is 2. The highest BCUT2D eigenvalue weighted by Gasteiger charge is 2.38. The van der Waals surface area contributed by atoms with E-state index in [9.17, 15) is 9.59 Å². The van der Waals surface area contributed by atoms with Crippen LogP contribution >= 0.6 is 23.5 Å². The van der Waals surface area contributed by atoms with E-state index in [-0.39, 0.29) is 11.6 Å². The molecule has 6 aromatic carbocycles. The Bertz CT molecular complexity index is 1700. The lowest BCUT2D eigenvalue weighted by Crippen LogP contribution is -2.25. The first-order chi connectivity index (χ1) is 25.7. The largest absolute Gasteiger partial charge is 0.355 e. The molecule has 0 aromatic heterocycles. The van der Waals surface area contributed by atoms with E-state index < -0.39 is 0 Å². The molecule has 7 rings (SSSR count). The molecule has 0 fully saturated rings. The Labute approximate surface area is 319 Å². The third kappa shape index (κ3) is 10.1. The van der Waals surface area contributed by atoms with Crippen molar-refractivity contribution in [2.24, 2.45) is 0 Å². The highest BCUT2D eigenvalue weighted by Crippen LogP contribution is 2.46. The predicted molar refractivity (Wildman–Crippen MR) is 226 cm³/mol. The first-order valence-electron chi connectivity index (χ1n) is 18.2. The number of ketones is 2. The van der Waals surface area contributed by atoms with Crippen molar-refractivity contribution in [3.8, 4) is 0 Å². The third-order valence-electron chi connectivity index (χ3n) is 7.29. The zero-order valence-electron chi connectivity index (χ0n) is 31.5. The lowest BCUT2D eigenvalue weighted by atomic mass is 9.82. The summed E-state index contributed by atoms with van der Waals surface area (Å²) in [4.78, 5) is 33.2. The van der Waals surface area contributed by atoms with Gasteiger partial charge in [-0.05, 0) is 72.8 Å². The van der Waals surface area contributed by atoms with E-state index in [4.69, 9.17) is 0 Å². The van der Waals surface area contributed by atoms with Crippen molar-refractivity contribution in [1.82, 2.24) is 0 Å². The molecule has 52 heavy (non-hydrogen) atoms. The molecule has 268 valence electrons. The fourth-order valence-corrected chi connectivity index (χ4v) is 7.26. The third-order valence-corrected chi connectivity index (χ3v) is 9.43. The van der Waals surface area contributed by atoms with E-state index in [2.05, 4.69) is 10.6 Å². The van der Waals surface area contributed by atoms with Crippen LogP contribution in [-0.4, -0.2) is 11.6 Å². The molecule has 0 radical (unpaired) electrons. The van der Waals surface area contributed by atoms with Crippen molar-refractivity contribution in [1.29, 1.82) is 0 Å². The smallest absolute Gasteiger partial charge is 0.197 e. The minimum absolute atomic E-state index is 0.182. The predicted octanol–water partition coefficient (Wildman–Crippen LogP) is 14.4. The van der Waals surface area contributed by atoms with Gasteiger partial charge in [0.25, 0.3) is 0 Å². The van der Waals surface area contributed by atoms with Gasteiger partial charge in [0.1, 0.15) is 0 Å². The molecule has 0 bridgehead atoms. The molecular formula is C46H50N2O2S2. The van der Waals surface area contributed by atoms with E-state index >= 15 is 0 Å². The zero-order chi connectivity index (χ0) is 37.9. The van der Waals surface area contributed by atoms with Crippen LogP contribution in [0.2, 0.25) is 0 Å². The Morgan fingerprint density at radius 1 is 0.346 bits per heavy atom. The number of rotatable bonds is 8. The second-order valence-electron chi connectivity index (χ2n) is 10.2. The average molecular weight is 727 g/mol. The second kappa shape index (κ2) is 22.0. The minimum Gasteiger partial charge on any atom is -0.355 e. The molecular weight excluding hydrogens is 677 g/mol. The second-order valence-corrected chi connectivity index (χ2v) is 12.4. The molecule has 0 aliphatic heterocycles. The summed E-state index contributed by atoms with van der Waals surface area (Å²) in [6.45, 7) is 16.0. The van der Waals surface area contributed by atoms with Crippen molar-refractivity contribution in [3.63, 3.8) is 0 Å². The molecule has 0 saturated heterocycles. The molecule has 2 N–H and O–H groups in total. The molecule has 1 aliphatic rings. The van der Waals surface area contributed by atoms with Gasteiger partial charge in [-0.3, -0.25) is 9.59 Å². The highest BCUT2D eigenvalue weighted by molar-refractivity contribution is 8.00. The number of fused-ring (bicyclic) bond motifs is 2. The number of para-hydroxylation sites is 2. The molecule has 0 unspecified atom stereocenters. The summed E-state index contributed by atoms with van der Waals surface area (Å²) in [5, 5.41) is 6.83. The Kier molecular flexibility index (Phi) is 17.5. The standard InChI is InChI=1S/C38H26N2O2S2.4C2H6/c41-37-33-29(39-25-13-5-1-6-14-25)21-22-30(40-26-15-7-2-8-16-26)34(33)38(42)36-32(44-28-19-11-4-12-20-28)24-23-31(35(36)37)43-27-17-9-3-10-18-27;4*1-2/h1-24,39-40H;4*1-2H3. The van der Waals surface area contributed by atoms with Gasteiger partial charge in [0.2, 0.25) is 0 Å².